The fourth-order valence-electron chi connectivity index (χ4n) is 3.98. The van der Waals surface area contributed by atoms with Gasteiger partial charge in [0.2, 0.25) is 0 Å². The summed E-state index contributed by atoms with van der Waals surface area (Å²) >= 11 is 0. The summed E-state index contributed by atoms with van der Waals surface area (Å²) in [5.41, 5.74) is 0.390. The van der Waals surface area contributed by atoms with Gasteiger partial charge in [-0.15, -0.1) is 0 Å². The van der Waals surface area contributed by atoms with Gasteiger partial charge < -0.3 is 14.6 Å². The first-order chi connectivity index (χ1) is 11.0. The highest BCUT2D eigenvalue weighted by Gasteiger charge is 2.48. The lowest BCUT2D eigenvalue weighted by Gasteiger charge is -2.33. The maximum Gasteiger partial charge on any atom is 0.328 e. The lowest BCUT2D eigenvalue weighted by atomic mass is 9.84. The van der Waals surface area contributed by atoms with E-state index >= 15 is 0 Å². The van der Waals surface area contributed by atoms with Gasteiger partial charge in [-0.1, -0.05) is 12.8 Å². The Morgan fingerprint density at radius 1 is 1.26 bits per heavy atom. The number of aryl methyl sites for hydroxylation is 1. The van der Waals surface area contributed by atoms with Crippen LogP contribution >= 0.6 is 0 Å². The van der Waals surface area contributed by atoms with E-state index in [9.17, 15) is 14.4 Å². The molecule has 2 aliphatic rings. The number of nitrogens with one attached hydrogen (secondary N) is 1. The molecule has 1 aliphatic heterocycles. The number of likely N-dealkylation sites (tertiary alicyclic amines) is 1. The molecule has 0 spiro atoms. The van der Waals surface area contributed by atoms with Gasteiger partial charge >= 0.3 is 5.97 Å². The van der Waals surface area contributed by atoms with E-state index in [1.54, 1.807) is 24.0 Å². The number of carbonyl (C=O) groups is 2. The quantitative estimate of drug-likeness (QED) is 0.841. The number of hydrogen-bond donors (Lipinski definition) is 1. The highest BCUT2D eigenvalue weighted by molar-refractivity contribution is 5.97. The number of fused-ring (bicyclic) bond motifs is 1. The zero-order valence-corrected chi connectivity index (χ0v) is 13.5. The SMILES string of the molecule is COC(=O)C1CC2CCCCC2N1C(=O)c1ccc(C)[nH]c1=O. The van der Waals surface area contributed by atoms with Crippen LogP contribution in [0.25, 0.3) is 0 Å². The number of aromatic nitrogens is 1. The van der Waals surface area contributed by atoms with Crippen LogP contribution in [0, 0.1) is 12.8 Å². The van der Waals surface area contributed by atoms with Gasteiger partial charge in [-0.25, -0.2) is 4.79 Å². The normalized spacial score (nSPS) is 26.7. The number of hydrogen-bond acceptors (Lipinski definition) is 4. The van der Waals surface area contributed by atoms with E-state index in [1.165, 1.54) is 7.11 Å². The predicted molar refractivity (Wildman–Crippen MR) is 84.1 cm³/mol. The molecule has 2 heterocycles. The molecule has 1 aliphatic carbocycles. The van der Waals surface area contributed by atoms with E-state index in [0.717, 1.165) is 25.7 Å². The third-order valence-corrected chi connectivity index (χ3v) is 5.08. The van der Waals surface area contributed by atoms with E-state index in [-0.39, 0.29) is 17.5 Å². The number of amides is 1. The van der Waals surface area contributed by atoms with Crippen molar-refractivity contribution in [2.75, 3.05) is 7.11 Å². The molecule has 1 aromatic rings. The Balaban J connectivity index is 1.97. The topological polar surface area (TPSA) is 79.5 Å². The molecule has 1 amide bonds. The molecule has 2 fully saturated rings. The largest absolute Gasteiger partial charge is 0.467 e. The van der Waals surface area contributed by atoms with Crippen LogP contribution in [0.4, 0.5) is 0 Å². The summed E-state index contributed by atoms with van der Waals surface area (Å²) in [5, 5.41) is 0. The molecule has 124 valence electrons. The molecular weight excluding hydrogens is 296 g/mol. The molecule has 3 rings (SSSR count). The number of pyridine rings is 1. The first-order valence-corrected chi connectivity index (χ1v) is 8.13. The van der Waals surface area contributed by atoms with Crippen LogP contribution in [-0.4, -0.2) is 41.0 Å². The third-order valence-electron chi connectivity index (χ3n) is 5.08. The number of esters is 1. The summed E-state index contributed by atoms with van der Waals surface area (Å²) in [4.78, 5) is 41.5. The predicted octanol–water partition coefficient (Wildman–Crippen LogP) is 1.63. The molecule has 1 aromatic heterocycles. The second-order valence-corrected chi connectivity index (χ2v) is 6.48. The average Bonchev–Trinajstić information content (AvgIpc) is 2.93. The minimum atomic E-state index is -0.582. The van der Waals surface area contributed by atoms with Crippen LogP contribution in [0.1, 0.15) is 48.2 Å². The summed E-state index contributed by atoms with van der Waals surface area (Å²) in [7, 11) is 1.34. The number of ether oxygens (including phenoxy) is 1. The lowest BCUT2D eigenvalue weighted by molar-refractivity contribution is -0.145. The van der Waals surface area contributed by atoms with Crippen molar-refractivity contribution >= 4 is 11.9 Å². The van der Waals surface area contributed by atoms with Gasteiger partial charge in [0.1, 0.15) is 11.6 Å². The molecule has 6 nitrogen and oxygen atoms in total. The van der Waals surface area contributed by atoms with Gasteiger partial charge in [0.25, 0.3) is 11.5 Å². The molecule has 1 saturated heterocycles. The van der Waals surface area contributed by atoms with Crippen LogP contribution in [0.3, 0.4) is 0 Å². The van der Waals surface area contributed by atoms with Crippen molar-refractivity contribution in [2.24, 2.45) is 5.92 Å². The van der Waals surface area contributed by atoms with E-state index in [1.807, 2.05) is 0 Å². The lowest BCUT2D eigenvalue weighted by Crippen LogP contribution is -2.47. The van der Waals surface area contributed by atoms with Gasteiger partial charge in [-0.2, -0.15) is 0 Å². The fourth-order valence-corrected chi connectivity index (χ4v) is 3.98. The van der Waals surface area contributed by atoms with Crippen LogP contribution in [0.15, 0.2) is 16.9 Å². The number of rotatable bonds is 2. The minimum Gasteiger partial charge on any atom is -0.467 e. The summed E-state index contributed by atoms with van der Waals surface area (Å²) in [6.45, 7) is 1.76. The number of aromatic amines is 1. The van der Waals surface area contributed by atoms with Crippen LogP contribution in [0.2, 0.25) is 0 Å². The van der Waals surface area contributed by atoms with Crippen LogP contribution in [0.5, 0.6) is 0 Å². The molecule has 0 bridgehead atoms. The smallest absolute Gasteiger partial charge is 0.328 e. The van der Waals surface area contributed by atoms with Gasteiger partial charge in [-0.05, 0) is 44.2 Å². The average molecular weight is 318 g/mol. The second-order valence-electron chi connectivity index (χ2n) is 6.48. The first-order valence-electron chi connectivity index (χ1n) is 8.13. The van der Waals surface area contributed by atoms with Crippen molar-refractivity contribution in [1.29, 1.82) is 0 Å². The molecule has 0 radical (unpaired) electrons. The molecule has 23 heavy (non-hydrogen) atoms. The van der Waals surface area contributed by atoms with E-state index < -0.39 is 17.6 Å². The number of carbonyl (C=O) groups excluding carboxylic acids is 2. The Bertz CT molecular complexity index is 681. The fraction of sp³-hybridized carbons (Fsp3) is 0.588. The highest BCUT2D eigenvalue weighted by Crippen LogP contribution is 2.40. The van der Waals surface area contributed by atoms with Crippen molar-refractivity contribution in [3.05, 3.63) is 33.7 Å². The van der Waals surface area contributed by atoms with Crippen molar-refractivity contribution in [3.8, 4) is 0 Å². The number of nitrogens with zero attached hydrogens (tertiary/aromatic N) is 1. The second kappa shape index (κ2) is 6.18. The van der Waals surface area contributed by atoms with Crippen molar-refractivity contribution in [3.63, 3.8) is 0 Å². The maximum atomic E-state index is 13.0. The number of methoxy groups -OCH3 is 1. The van der Waals surface area contributed by atoms with E-state index in [2.05, 4.69) is 4.98 Å². The molecular formula is C17H22N2O4. The first kappa shape index (κ1) is 15.8. The standard InChI is InChI=1S/C17H22N2O4/c1-10-7-8-12(15(20)18-10)16(21)19-13-6-4-3-5-11(13)9-14(19)17(22)23-2/h7-8,11,13-14H,3-6,9H2,1-2H3,(H,18,20). The monoisotopic (exact) mass is 318 g/mol. The zero-order valence-electron chi connectivity index (χ0n) is 13.5. The Hall–Kier alpha value is -2.11. The van der Waals surface area contributed by atoms with Crippen LogP contribution < -0.4 is 5.56 Å². The van der Waals surface area contributed by atoms with Crippen molar-refractivity contribution in [2.45, 2.75) is 51.1 Å². The molecule has 6 heteroatoms. The number of H-pyrrole nitrogens is 1. The van der Waals surface area contributed by atoms with Crippen LogP contribution in [-0.2, 0) is 9.53 Å². The van der Waals surface area contributed by atoms with Gasteiger partial charge in [0.15, 0.2) is 0 Å². The summed E-state index contributed by atoms with van der Waals surface area (Å²) < 4.78 is 4.89. The molecule has 3 atom stereocenters. The van der Waals surface area contributed by atoms with Gasteiger partial charge in [0, 0.05) is 11.7 Å². The zero-order chi connectivity index (χ0) is 16.6. The summed E-state index contributed by atoms with van der Waals surface area (Å²) in [6, 6.07) is 2.69. The maximum absolute atomic E-state index is 13.0. The van der Waals surface area contributed by atoms with Gasteiger partial charge in [0.05, 0.1) is 7.11 Å². The molecule has 3 unspecified atom stereocenters. The van der Waals surface area contributed by atoms with Crippen molar-refractivity contribution < 1.29 is 14.3 Å². The Labute approximate surface area is 134 Å². The third kappa shape index (κ3) is 2.78. The molecule has 0 aromatic carbocycles. The Kier molecular flexibility index (Phi) is 4.24. The highest BCUT2D eigenvalue weighted by atomic mass is 16.5. The van der Waals surface area contributed by atoms with E-state index in [4.69, 9.17) is 4.74 Å². The summed E-state index contributed by atoms with van der Waals surface area (Å²) in [5.74, 6) is -0.436. The summed E-state index contributed by atoms with van der Waals surface area (Å²) in [6.07, 6.45) is 4.71. The van der Waals surface area contributed by atoms with E-state index in [0.29, 0.717) is 18.0 Å². The molecule has 1 N–H and O–H groups in total. The van der Waals surface area contributed by atoms with Crippen molar-refractivity contribution in [1.82, 2.24) is 9.88 Å². The Morgan fingerprint density at radius 3 is 2.70 bits per heavy atom. The van der Waals surface area contributed by atoms with Gasteiger partial charge in [-0.3, -0.25) is 9.59 Å². The minimum absolute atomic E-state index is 0.0288. The Morgan fingerprint density at radius 2 is 2.00 bits per heavy atom. The molecule has 1 saturated carbocycles.